The van der Waals surface area contributed by atoms with Crippen LogP contribution in [0.2, 0.25) is 0 Å². The van der Waals surface area contributed by atoms with Gasteiger partial charge in [-0.25, -0.2) is 4.98 Å². The van der Waals surface area contributed by atoms with Crippen molar-refractivity contribution in [2.75, 3.05) is 7.11 Å². The van der Waals surface area contributed by atoms with Crippen LogP contribution in [-0.4, -0.2) is 23.2 Å². The Labute approximate surface area is 79.2 Å². The van der Waals surface area contributed by atoms with Gasteiger partial charge in [-0.2, -0.15) is 0 Å². The highest BCUT2D eigenvalue weighted by molar-refractivity contribution is 7.11. The molecule has 1 heterocycles. The highest BCUT2D eigenvalue weighted by atomic mass is 32.1. The van der Waals surface area contributed by atoms with E-state index in [9.17, 15) is 4.79 Å². The van der Waals surface area contributed by atoms with Gasteiger partial charge in [0.05, 0.1) is 12.8 Å². The number of rotatable bonds is 3. The third-order valence-electron chi connectivity index (χ3n) is 2.31. The largest absolute Gasteiger partial charge is 0.481 e. The van der Waals surface area contributed by atoms with Gasteiger partial charge in [0.1, 0.15) is 5.41 Å². The average Bonchev–Trinajstić information content (AvgIpc) is 2.79. The lowest BCUT2D eigenvalue weighted by Gasteiger charge is -2.03. The minimum absolute atomic E-state index is 0.530. The first kappa shape index (κ1) is 8.50. The summed E-state index contributed by atoms with van der Waals surface area (Å²) in [5, 5.41) is 11.3. The zero-order chi connectivity index (χ0) is 9.47. The Morgan fingerprint density at radius 2 is 2.46 bits per heavy atom. The van der Waals surface area contributed by atoms with Gasteiger partial charge < -0.3 is 9.84 Å². The Hall–Kier alpha value is -1.10. The molecule has 1 fully saturated rings. The molecule has 0 amide bonds. The zero-order valence-corrected chi connectivity index (χ0v) is 7.93. The van der Waals surface area contributed by atoms with Crippen LogP contribution in [0.3, 0.4) is 0 Å². The molecule has 0 saturated heterocycles. The molecule has 1 aromatic rings. The number of aliphatic carboxylic acids is 1. The van der Waals surface area contributed by atoms with Crippen molar-refractivity contribution < 1.29 is 14.6 Å². The summed E-state index contributed by atoms with van der Waals surface area (Å²) in [5.41, 5.74) is -0.0605. The second kappa shape index (κ2) is 2.70. The predicted octanol–water partition coefficient (Wildman–Crippen LogP) is 1.27. The van der Waals surface area contributed by atoms with Crippen LogP contribution in [0.25, 0.3) is 0 Å². The van der Waals surface area contributed by atoms with E-state index >= 15 is 0 Å². The topological polar surface area (TPSA) is 59.4 Å². The van der Waals surface area contributed by atoms with Crippen molar-refractivity contribution in [1.29, 1.82) is 0 Å². The van der Waals surface area contributed by atoms with E-state index in [1.807, 2.05) is 0 Å². The van der Waals surface area contributed by atoms with Crippen molar-refractivity contribution in [3.8, 4) is 5.19 Å². The molecule has 0 bridgehead atoms. The standard InChI is InChI=1S/C8H9NO3S/c1-12-7-9-5(4-13-7)8(2-3-8)6(10)11/h4H,2-3H2,1H3,(H,10,11). The maximum Gasteiger partial charge on any atom is 0.315 e. The lowest BCUT2D eigenvalue weighted by Crippen LogP contribution is -2.19. The predicted molar refractivity (Wildman–Crippen MR) is 47.2 cm³/mol. The summed E-state index contributed by atoms with van der Waals surface area (Å²) in [6.07, 6.45) is 1.38. The highest BCUT2D eigenvalue weighted by Crippen LogP contribution is 2.49. The number of ether oxygens (including phenoxy) is 1. The summed E-state index contributed by atoms with van der Waals surface area (Å²) in [5.74, 6) is -0.777. The number of carbonyl (C=O) groups is 1. The monoisotopic (exact) mass is 199 g/mol. The number of methoxy groups -OCH3 is 1. The number of carboxylic acid groups (broad SMARTS) is 1. The Morgan fingerprint density at radius 1 is 1.77 bits per heavy atom. The van der Waals surface area contributed by atoms with Gasteiger partial charge in [0, 0.05) is 5.38 Å². The minimum atomic E-state index is -0.777. The van der Waals surface area contributed by atoms with Gasteiger partial charge in [0.2, 0.25) is 0 Å². The summed E-state index contributed by atoms with van der Waals surface area (Å²) in [4.78, 5) is 15.0. The fourth-order valence-corrected chi connectivity index (χ4v) is 2.01. The first-order chi connectivity index (χ1) is 6.19. The lowest BCUT2D eigenvalue weighted by molar-refractivity contribution is -0.140. The van der Waals surface area contributed by atoms with Crippen molar-refractivity contribution in [3.63, 3.8) is 0 Å². The van der Waals surface area contributed by atoms with Gasteiger partial charge in [-0.15, -0.1) is 0 Å². The molecule has 1 aliphatic rings. The molecule has 0 spiro atoms. The second-order valence-corrected chi connectivity index (χ2v) is 3.91. The molecule has 2 rings (SSSR count). The molecule has 0 radical (unpaired) electrons. The van der Waals surface area contributed by atoms with Crippen LogP contribution in [0.1, 0.15) is 18.5 Å². The van der Waals surface area contributed by atoms with Gasteiger partial charge in [0.15, 0.2) is 0 Å². The van der Waals surface area contributed by atoms with Crippen molar-refractivity contribution in [2.45, 2.75) is 18.3 Å². The summed E-state index contributed by atoms with van der Waals surface area (Å²) in [6, 6.07) is 0. The van der Waals surface area contributed by atoms with Crippen molar-refractivity contribution in [3.05, 3.63) is 11.1 Å². The van der Waals surface area contributed by atoms with Crippen LogP contribution < -0.4 is 4.74 Å². The van der Waals surface area contributed by atoms with E-state index in [2.05, 4.69) is 4.98 Å². The molecule has 70 valence electrons. The third kappa shape index (κ3) is 1.19. The molecule has 1 saturated carbocycles. The van der Waals surface area contributed by atoms with Gasteiger partial charge >= 0.3 is 5.97 Å². The number of thiazole rings is 1. The number of nitrogens with zero attached hydrogens (tertiary/aromatic N) is 1. The molecule has 5 heteroatoms. The molecule has 1 aliphatic carbocycles. The second-order valence-electron chi connectivity index (χ2n) is 3.09. The molecule has 0 unspecified atom stereocenters. The third-order valence-corrected chi connectivity index (χ3v) is 3.11. The normalized spacial score (nSPS) is 18.2. The number of hydrogen-bond donors (Lipinski definition) is 1. The maximum absolute atomic E-state index is 10.9. The fourth-order valence-electron chi connectivity index (χ4n) is 1.28. The molecular formula is C8H9NO3S. The number of carboxylic acids is 1. The summed E-state index contributed by atoms with van der Waals surface area (Å²) >= 11 is 1.34. The quantitative estimate of drug-likeness (QED) is 0.796. The molecule has 0 atom stereocenters. The van der Waals surface area contributed by atoms with Crippen LogP contribution in [-0.2, 0) is 10.2 Å². The molecule has 0 aromatic carbocycles. The fraction of sp³-hybridized carbons (Fsp3) is 0.500. The molecular weight excluding hydrogens is 190 g/mol. The summed E-state index contributed by atoms with van der Waals surface area (Å²) in [7, 11) is 1.53. The SMILES string of the molecule is COc1nc(C2(C(=O)O)CC2)cs1. The minimum Gasteiger partial charge on any atom is -0.481 e. The van der Waals surface area contributed by atoms with Crippen LogP contribution >= 0.6 is 11.3 Å². The van der Waals surface area contributed by atoms with E-state index in [1.165, 1.54) is 18.4 Å². The lowest BCUT2D eigenvalue weighted by atomic mass is 10.1. The van der Waals surface area contributed by atoms with Crippen LogP contribution in [0.15, 0.2) is 5.38 Å². The highest BCUT2D eigenvalue weighted by Gasteiger charge is 2.53. The Bertz CT molecular complexity index is 343. The summed E-state index contributed by atoms with van der Waals surface area (Å²) < 4.78 is 4.91. The molecule has 1 aromatic heterocycles. The van der Waals surface area contributed by atoms with Crippen LogP contribution in [0.5, 0.6) is 5.19 Å². The van der Waals surface area contributed by atoms with Crippen molar-refractivity contribution >= 4 is 17.3 Å². The molecule has 0 aliphatic heterocycles. The molecule has 1 N–H and O–H groups in total. The maximum atomic E-state index is 10.9. The van der Waals surface area contributed by atoms with E-state index in [4.69, 9.17) is 9.84 Å². The van der Waals surface area contributed by atoms with Crippen molar-refractivity contribution in [1.82, 2.24) is 4.98 Å². The van der Waals surface area contributed by atoms with Crippen LogP contribution in [0.4, 0.5) is 0 Å². The van der Waals surface area contributed by atoms with E-state index < -0.39 is 11.4 Å². The van der Waals surface area contributed by atoms with Gasteiger partial charge in [0.25, 0.3) is 5.19 Å². The Kier molecular flexibility index (Phi) is 1.76. The number of hydrogen-bond acceptors (Lipinski definition) is 4. The van der Waals surface area contributed by atoms with E-state index in [1.54, 1.807) is 5.38 Å². The van der Waals surface area contributed by atoms with E-state index in [-0.39, 0.29) is 0 Å². The summed E-state index contributed by atoms with van der Waals surface area (Å²) in [6.45, 7) is 0. The van der Waals surface area contributed by atoms with E-state index in [0.29, 0.717) is 23.7 Å². The molecule has 4 nitrogen and oxygen atoms in total. The zero-order valence-electron chi connectivity index (χ0n) is 7.11. The first-order valence-electron chi connectivity index (χ1n) is 3.92. The Balaban J connectivity index is 2.30. The van der Waals surface area contributed by atoms with E-state index in [0.717, 1.165) is 0 Å². The van der Waals surface area contributed by atoms with Gasteiger partial charge in [-0.05, 0) is 12.8 Å². The average molecular weight is 199 g/mol. The van der Waals surface area contributed by atoms with Crippen molar-refractivity contribution in [2.24, 2.45) is 0 Å². The first-order valence-corrected chi connectivity index (χ1v) is 4.80. The number of aromatic nitrogens is 1. The smallest absolute Gasteiger partial charge is 0.315 e. The van der Waals surface area contributed by atoms with Gasteiger partial charge in [-0.1, -0.05) is 11.3 Å². The van der Waals surface area contributed by atoms with Crippen LogP contribution in [0, 0.1) is 0 Å². The molecule has 13 heavy (non-hydrogen) atoms. The van der Waals surface area contributed by atoms with Gasteiger partial charge in [-0.3, -0.25) is 4.79 Å². The Morgan fingerprint density at radius 3 is 2.85 bits per heavy atom.